The average Bonchev–Trinajstić information content (AvgIpc) is 2.73. The Bertz CT molecular complexity index is 862. The Morgan fingerprint density at radius 2 is 1.97 bits per heavy atom. The van der Waals surface area contributed by atoms with Crippen LogP contribution in [0.4, 0.5) is 0 Å². The van der Waals surface area contributed by atoms with E-state index in [-0.39, 0.29) is 5.91 Å². The molecule has 0 heterocycles. The van der Waals surface area contributed by atoms with E-state index in [0.717, 1.165) is 29.7 Å². The first-order valence-electron chi connectivity index (χ1n) is 9.44. The van der Waals surface area contributed by atoms with E-state index in [2.05, 4.69) is 17.1 Å². The van der Waals surface area contributed by atoms with E-state index < -0.39 is 0 Å². The molecule has 6 nitrogen and oxygen atoms in total. The molecule has 1 N–H and O–H groups in total. The van der Waals surface area contributed by atoms with Crippen LogP contribution in [0.2, 0.25) is 0 Å². The maximum Gasteiger partial charge on any atom is 0.240 e. The highest BCUT2D eigenvalue weighted by Gasteiger charge is 2.06. The van der Waals surface area contributed by atoms with Crippen molar-refractivity contribution in [3.63, 3.8) is 0 Å². The van der Waals surface area contributed by atoms with E-state index in [0.29, 0.717) is 24.5 Å². The van der Waals surface area contributed by atoms with Gasteiger partial charge in [-0.15, -0.1) is 0 Å². The predicted octanol–water partition coefficient (Wildman–Crippen LogP) is 4.05. The fourth-order valence-electron chi connectivity index (χ4n) is 2.78. The van der Waals surface area contributed by atoms with Gasteiger partial charge in [0.05, 0.1) is 20.4 Å². The lowest BCUT2D eigenvalue weighted by molar-refractivity contribution is -0.121. The van der Waals surface area contributed by atoms with E-state index in [9.17, 15) is 4.79 Å². The van der Waals surface area contributed by atoms with Crippen LogP contribution < -0.4 is 19.6 Å². The maximum absolute atomic E-state index is 12.0. The lowest BCUT2D eigenvalue weighted by atomic mass is 10.0. The number of hydrogen-bond acceptors (Lipinski definition) is 5. The molecule has 0 saturated heterocycles. The first kappa shape index (κ1) is 22.0. The SMILES string of the molecule is C=CCOc1ccc(/C=N\NC(=O)CCCc2ccc(OC)cc2C)cc1OC. The van der Waals surface area contributed by atoms with Crippen LogP contribution in [0.5, 0.6) is 17.2 Å². The van der Waals surface area contributed by atoms with E-state index in [4.69, 9.17) is 14.2 Å². The fraction of sp³-hybridized carbons (Fsp3) is 0.304. The van der Waals surface area contributed by atoms with Crippen molar-refractivity contribution >= 4 is 12.1 Å². The Hall–Kier alpha value is -3.28. The molecule has 0 aromatic heterocycles. The Labute approximate surface area is 172 Å². The van der Waals surface area contributed by atoms with Gasteiger partial charge >= 0.3 is 0 Å². The van der Waals surface area contributed by atoms with Crippen molar-refractivity contribution < 1.29 is 19.0 Å². The van der Waals surface area contributed by atoms with Crippen molar-refractivity contribution in [3.8, 4) is 17.2 Å². The molecular weight excluding hydrogens is 368 g/mol. The van der Waals surface area contributed by atoms with Gasteiger partial charge in [-0.3, -0.25) is 4.79 Å². The average molecular weight is 396 g/mol. The van der Waals surface area contributed by atoms with Crippen LogP contribution in [0.25, 0.3) is 0 Å². The quantitative estimate of drug-likeness (QED) is 0.353. The summed E-state index contributed by atoms with van der Waals surface area (Å²) in [5, 5.41) is 4.02. The second-order valence-corrected chi connectivity index (χ2v) is 6.45. The third kappa shape index (κ3) is 6.99. The van der Waals surface area contributed by atoms with E-state index in [1.165, 1.54) is 5.56 Å². The van der Waals surface area contributed by atoms with Gasteiger partial charge in [0.25, 0.3) is 0 Å². The third-order valence-corrected chi connectivity index (χ3v) is 4.35. The van der Waals surface area contributed by atoms with Gasteiger partial charge in [-0.2, -0.15) is 5.10 Å². The number of amides is 1. The Kier molecular flexibility index (Phi) is 8.76. The zero-order valence-electron chi connectivity index (χ0n) is 17.2. The fourth-order valence-corrected chi connectivity index (χ4v) is 2.78. The van der Waals surface area contributed by atoms with Crippen molar-refractivity contribution in [2.75, 3.05) is 20.8 Å². The van der Waals surface area contributed by atoms with Gasteiger partial charge < -0.3 is 14.2 Å². The van der Waals surface area contributed by atoms with Crippen molar-refractivity contribution in [1.29, 1.82) is 0 Å². The molecule has 6 heteroatoms. The summed E-state index contributed by atoms with van der Waals surface area (Å²) in [6.07, 6.45) is 5.22. The molecule has 0 aliphatic heterocycles. The van der Waals surface area contributed by atoms with Gasteiger partial charge in [0.2, 0.25) is 5.91 Å². The molecule has 0 atom stereocenters. The smallest absolute Gasteiger partial charge is 0.240 e. The van der Waals surface area contributed by atoms with E-state index in [1.807, 2.05) is 31.2 Å². The van der Waals surface area contributed by atoms with E-state index in [1.54, 1.807) is 38.6 Å². The van der Waals surface area contributed by atoms with Gasteiger partial charge in [0.15, 0.2) is 11.5 Å². The Balaban J connectivity index is 1.81. The summed E-state index contributed by atoms with van der Waals surface area (Å²) in [7, 11) is 3.23. The molecule has 0 fully saturated rings. The number of aryl methyl sites for hydroxylation is 2. The minimum absolute atomic E-state index is 0.120. The predicted molar refractivity (Wildman–Crippen MR) is 115 cm³/mol. The highest BCUT2D eigenvalue weighted by atomic mass is 16.5. The van der Waals surface area contributed by atoms with Crippen LogP contribution in [-0.2, 0) is 11.2 Å². The highest BCUT2D eigenvalue weighted by molar-refractivity contribution is 5.83. The number of rotatable bonds is 11. The summed E-state index contributed by atoms with van der Waals surface area (Å²) >= 11 is 0. The number of nitrogens with one attached hydrogen (secondary N) is 1. The zero-order chi connectivity index (χ0) is 21.1. The van der Waals surface area contributed by atoms with Crippen LogP contribution in [0, 0.1) is 6.92 Å². The van der Waals surface area contributed by atoms with Crippen molar-refractivity contribution in [2.24, 2.45) is 5.10 Å². The first-order chi connectivity index (χ1) is 14.1. The molecule has 29 heavy (non-hydrogen) atoms. The molecule has 0 radical (unpaired) electrons. The number of hydrogen-bond donors (Lipinski definition) is 1. The number of carbonyl (C=O) groups is 1. The lowest BCUT2D eigenvalue weighted by Gasteiger charge is -2.09. The normalized spacial score (nSPS) is 10.6. The molecule has 0 aliphatic carbocycles. The Morgan fingerprint density at radius 3 is 2.66 bits per heavy atom. The number of hydrazone groups is 1. The van der Waals surface area contributed by atoms with Gasteiger partial charge in [0.1, 0.15) is 12.4 Å². The number of methoxy groups -OCH3 is 2. The number of nitrogens with zero attached hydrogens (tertiary/aromatic N) is 1. The monoisotopic (exact) mass is 396 g/mol. The summed E-state index contributed by atoms with van der Waals surface area (Å²) < 4.78 is 16.0. The van der Waals surface area contributed by atoms with E-state index >= 15 is 0 Å². The second kappa shape index (κ2) is 11.5. The molecule has 0 spiro atoms. The number of benzene rings is 2. The molecule has 0 unspecified atom stereocenters. The first-order valence-corrected chi connectivity index (χ1v) is 9.44. The Morgan fingerprint density at radius 1 is 1.14 bits per heavy atom. The second-order valence-electron chi connectivity index (χ2n) is 6.45. The molecule has 2 aromatic rings. The number of carbonyl (C=O) groups excluding carboxylic acids is 1. The molecule has 0 bridgehead atoms. The summed E-state index contributed by atoms with van der Waals surface area (Å²) in [6.45, 7) is 6.07. The standard InChI is InChI=1S/C23H28N2O4/c1-5-13-29-21-12-9-18(15-22(21)28-4)16-24-25-23(26)8-6-7-19-10-11-20(27-3)14-17(19)2/h5,9-12,14-16H,1,6-8,13H2,2-4H3,(H,25,26)/b24-16-. The summed E-state index contributed by atoms with van der Waals surface area (Å²) in [6, 6.07) is 11.4. The van der Waals surface area contributed by atoms with Crippen LogP contribution in [0.15, 0.2) is 54.2 Å². The third-order valence-electron chi connectivity index (χ3n) is 4.35. The molecule has 2 rings (SSSR count). The molecule has 2 aromatic carbocycles. The van der Waals surface area contributed by atoms with Crippen LogP contribution in [-0.4, -0.2) is 32.9 Å². The molecule has 154 valence electrons. The topological polar surface area (TPSA) is 69.2 Å². The van der Waals surface area contributed by atoms with Gasteiger partial charge in [-0.05, 0) is 66.8 Å². The van der Waals surface area contributed by atoms with Gasteiger partial charge in [-0.1, -0.05) is 18.7 Å². The minimum Gasteiger partial charge on any atom is -0.497 e. The van der Waals surface area contributed by atoms with Crippen molar-refractivity contribution in [2.45, 2.75) is 26.2 Å². The van der Waals surface area contributed by atoms with Crippen molar-refractivity contribution in [1.82, 2.24) is 5.43 Å². The highest BCUT2D eigenvalue weighted by Crippen LogP contribution is 2.27. The van der Waals surface area contributed by atoms with Gasteiger partial charge in [0, 0.05) is 6.42 Å². The zero-order valence-corrected chi connectivity index (χ0v) is 17.2. The largest absolute Gasteiger partial charge is 0.497 e. The summed E-state index contributed by atoms with van der Waals surface area (Å²) in [4.78, 5) is 12.0. The van der Waals surface area contributed by atoms with Crippen LogP contribution >= 0.6 is 0 Å². The van der Waals surface area contributed by atoms with Crippen LogP contribution in [0.3, 0.4) is 0 Å². The van der Waals surface area contributed by atoms with Gasteiger partial charge in [-0.25, -0.2) is 5.43 Å². The molecular formula is C23H28N2O4. The van der Waals surface area contributed by atoms with Crippen LogP contribution in [0.1, 0.15) is 29.5 Å². The lowest BCUT2D eigenvalue weighted by Crippen LogP contribution is -2.17. The molecule has 1 amide bonds. The molecule has 0 saturated carbocycles. The minimum atomic E-state index is -0.120. The number of ether oxygens (including phenoxy) is 3. The maximum atomic E-state index is 12.0. The molecule has 0 aliphatic rings. The van der Waals surface area contributed by atoms with Crippen molar-refractivity contribution in [3.05, 3.63) is 65.7 Å². The summed E-state index contributed by atoms with van der Waals surface area (Å²) in [5.41, 5.74) is 5.74. The summed E-state index contributed by atoms with van der Waals surface area (Å²) in [5.74, 6) is 1.94.